The van der Waals surface area contributed by atoms with Crippen LogP contribution in [0.4, 0.5) is 0 Å². The Hall–Kier alpha value is -1.36. The van der Waals surface area contributed by atoms with Gasteiger partial charge < -0.3 is 9.47 Å². The lowest BCUT2D eigenvalue weighted by Crippen LogP contribution is -2.38. The zero-order valence-electron chi connectivity index (χ0n) is 14.2. The fourth-order valence-corrected chi connectivity index (χ4v) is 3.32. The number of rotatable bonds is 6. The molecule has 126 valence electrons. The van der Waals surface area contributed by atoms with Crippen molar-refractivity contribution in [2.75, 3.05) is 59.6 Å². The average molecular weight is 316 g/mol. The standard InChI is InChI=1S/C19H28N2O2/c1-22-19-5-3-17(4-6-19)18-7-11-20(12-8-18)9-2-10-21-13-15-23-16-14-21/h3-7H,2,8-16H2,1H3. The minimum atomic E-state index is 0.900. The largest absolute Gasteiger partial charge is 0.497 e. The van der Waals surface area contributed by atoms with Crippen molar-refractivity contribution in [3.8, 4) is 5.75 Å². The van der Waals surface area contributed by atoms with Crippen molar-refractivity contribution < 1.29 is 9.47 Å². The first kappa shape index (κ1) is 16.5. The number of methoxy groups -OCH3 is 1. The van der Waals surface area contributed by atoms with Crippen LogP contribution >= 0.6 is 0 Å². The lowest BCUT2D eigenvalue weighted by molar-refractivity contribution is 0.0362. The number of nitrogens with zero attached hydrogens (tertiary/aromatic N) is 2. The molecule has 1 aromatic rings. The van der Waals surface area contributed by atoms with Gasteiger partial charge in [0.05, 0.1) is 20.3 Å². The number of benzene rings is 1. The zero-order valence-corrected chi connectivity index (χ0v) is 14.2. The second kappa shape index (κ2) is 8.48. The van der Waals surface area contributed by atoms with Crippen LogP contribution in [-0.2, 0) is 4.74 Å². The van der Waals surface area contributed by atoms with E-state index in [0.29, 0.717) is 0 Å². The van der Waals surface area contributed by atoms with E-state index in [1.54, 1.807) is 7.11 Å². The third-order valence-electron chi connectivity index (χ3n) is 4.81. The molecule has 2 aliphatic heterocycles. The lowest BCUT2D eigenvalue weighted by Gasteiger charge is -2.29. The molecule has 1 saturated heterocycles. The molecule has 0 amide bonds. The summed E-state index contributed by atoms with van der Waals surface area (Å²) in [5.74, 6) is 0.926. The van der Waals surface area contributed by atoms with Gasteiger partial charge in [0.15, 0.2) is 0 Å². The summed E-state index contributed by atoms with van der Waals surface area (Å²) in [6.07, 6.45) is 4.79. The van der Waals surface area contributed by atoms with Gasteiger partial charge in [-0.15, -0.1) is 0 Å². The molecule has 0 bridgehead atoms. The Morgan fingerprint density at radius 2 is 1.74 bits per heavy atom. The molecule has 2 heterocycles. The highest BCUT2D eigenvalue weighted by Gasteiger charge is 2.14. The fraction of sp³-hybridized carbons (Fsp3) is 0.579. The van der Waals surface area contributed by atoms with Crippen molar-refractivity contribution in [1.82, 2.24) is 9.80 Å². The molecule has 0 N–H and O–H groups in total. The van der Waals surface area contributed by atoms with Crippen LogP contribution < -0.4 is 4.74 Å². The maximum absolute atomic E-state index is 5.40. The lowest BCUT2D eigenvalue weighted by atomic mass is 9.99. The second-order valence-electron chi connectivity index (χ2n) is 6.32. The molecule has 4 heteroatoms. The van der Waals surface area contributed by atoms with Crippen LogP contribution in [0.3, 0.4) is 0 Å². The second-order valence-corrected chi connectivity index (χ2v) is 6.32. The molecule has 0 aliphatic carbocycles. The fourth-order valence-electron chi connectivity index (χ4n) is 3.32. The molecule has 4 nitrogen and oxygen atoms in total. The minimum Gasteiger partial charge on any atom is -0.497 e. The van der Waals surface area contributed by atoms with Crippen LogP contribution in [0, 0.1) is 0 Å². The molecule has 1 aromatic carbocycles. The molecule has 1 fully saturated rings. The molecule has 0 radical (unpaired) electrons. The van der Waals surface area contributed by atoms with Crippen LogP contribution in [-0.4, -0.2) is 69.4 Å². The molecular weight excluding hydrogens is 288 g/mol. The molecule has 23 heavy (non-hydrogen) atoms. The predicted molar refractivity (Wildman–Crippen MR) is 93.9 cm³/mol. The van der Waals surface area contributed by atoms with Gasteiger partial charge in [-0.05, 0) is 49.2 Å². The Morgan fingerprint density at radius 1 is 1.00 bits per heavy atom. The van der Waals surface area contributed by atoms with Gasteiger partial charge >= 0.3 is 0 Å². The molecule has 0 spiro atoms. The SMILES string of the molecule is COc1ccc(C2=CCN(CCCN3CCOCC3)CC2)cc1. The van der Waals surface area contributed by atoms with Crippen LogP contribution in [0.1, 0.15) is 18.4 Å². The van der Waals surface area contributed by atoms with E-state index >= 15 is 0 Å². The van der Waals surface area contributed by atoms with E-state index in [1.807, 2.05) is 12.1 Å². The van der Waals surface area contributed by atoms with Crippen LogP contribution in [0.25, 0.3) is 5.57 Å². The first-order valence-corrected chi connectivity index (χ1v) is 8.71. The summed E-state index contributed by atoms with van der Waals surface area (Å²) in [7, 11) is 1.71. The maximum Gasteiger partial charge on any atom is 0.118 e. The first-order chi connectivity index (χ1) is 11.3. The molecule has 0 aromatic heterocycles. The highest BCUT2D eigenvalue weighted by Crippen LogP contribution is 2.24. The predicted octanol–water partition coefficient (Wildman–Crippen LogP) is 2.51. The van der Waals surface area contributed by atoms with Crippen molar-refractivity contribution in [2.24, 2.45) is 0 Å². The van der Waals surface area contributed by atoms with Gasteiger partial charge in [0.25, 0.3) is 0 Å². The minimum absolute atomic E-state index is 0.900. The van der Waals surface area contributed by atoms with Crippen LogP contribution in [0.5, 0.6) is 5.75 Å². The average Bonchev–Trinajstić information content (AvgIpc) is 2.63. The normalized spacial score (nSPS) is 20.3. The van der Waals surface area contributed by atoms with E-state index < -0.39 is 0 Å². The quantitative estimate of drug-likeness (QED) is 0.805. The molecule has 2 aliphatic rings. The molecule has 3 rings (SSSR count). The van der Waals surface area contributed by atoms with Crippen LogP contribution in [0.15, 0.2) is 30.3 Å². The van der Waals surface area contributed by atoms with Gasteiger partial charge in [0.2, 0.25) is 0 Å². The Morgan fingerprint density at radius 3 is 2.39 bits per heavy atom. The summed E-state index contributed by atoms with van der Waals surface area (Å²) < 4.78 is 10.6. The highest BCUT2D eigenvalue weighted by atomic mass is 16.5. The summed E-state index contributed by atoms with van der Waals surface area (Å²) in [6, 6.07) is 8.42. The Balaban J connectivity index is 1.42. The highest BCUT2D eigenvalue weighted by molar-refractivity contribution is 5.67. The monoisotopic (exact) mass is 316 g/mol. The van der Waals surface area contributed by atoms with E-state index in [9.17, 15) is 0 Å². The van der Waals surface area contributed by atoms with Crippen molar-refractivity contribution in [1.29, 1.82) is 0 Å². The number of hydrogen-bond donors (Lipinski definition) is 0. The van der Waals surface area contributed by atoms with E-state index in [2.05, 4.69) is 28.0 Å². The molecule has 0 atom stereocenters. The van der Waals surface area contributed by atoms with E-state index in [1.165, 1.54) is 37.2 Å². The topological polar surface area (TPSA) is 24.9 Å². The van der Waals surface area contributed by atoms with E-state index in [-0.39, 0.29) is 0 Å². The third-order valence-corrected chi connectivity index (χ3v) is 4.81. The molecular formula is C19H28N2O2. The zero-order chi connectivity index (χ0) is 15.9. The van der Waals surface area contributed by atoms with Crippen molar-refractivity contribution >= 4 is 5.57 Å². The van der Waals surface area contributed by atoms with Gasteiger partial charge in [0.1, 0.15) is 5.75 Å². The Bertz CT molecular complexity index is 507. The summed E-state index contributed by atoms with van der Waals surface area (Å²) in [5, 5.41) is 0. The summed E-state index contributed by atoms with van der Waals surface area (Å²) >= 11 is 0. The van der Waals surface area contributed by atoms with E-state index in [4.69, 9.17) is 9.47 Å². The summed E-state index contributed by atoms with van der Waals surface area (Å²) in [5.41, 5.74) is 2.80. The van der Waals surface area contributed by atoms with Gasteiger partial charge in [-0.3, -0.25) is 9.80 Å². The summed E-state index contributed by atoms with van der Waals surface area (Å²) in [6.45, 7) is 8.64. The smallest absolute Gasteiger partial charge is 0.118 e. The Kier molecular flexibility index (Phi) is 6.08. The van der Waals surface area contributed by atoms with Crippen molar-refractivity contribution in [2.45, 2.75) is 12.8 Å². The molecule has 0 unspecified atom stereocenters. The van der Waals surface area contributed by atoms with Crippen molar-refractivity contribution in [3.05, 3.63) is 35.9 Å². The summed E-state index contributed by atoms with van der Waals surface area (Å²) in [4.78, 5) is 5.08. The van der Waals surface area contributed by atoms with Crippen LogP contribution in [0.2, 0.25) is 0 Å². The first-order valence-electron chi connectivity index (χ1n) is 8.71. The van der Waals surface area contributed by atoms with Gasteiger partial charge in [-0.2, -0.15) is 0 Å². The molecule has 0 saturated carbocycles. The maximum atomic E-state index is 5.40. The van der Waals surface area contributed by atoms with Gasteiger partial charge in [-0.1, -0.05) is 18.2 Å². The number of ether oxygens (including phenoxy) is 2. The number of morpholine rings is 1. The third kappa shape index (κ3) is 4.80. The number of hydrogen-bond acceptors (Lipinski definition) is 4. The Labute approximate surface area is 139 Å². The van der Waals surface area contributed by atoms with Crippen molar-refractivity contribution in [3.63, 3.8) is 0 Å². The van der Waals surface area contributed by atoms with Gasteiger partial charge in [-0.25, -0.2) is 0 Å². The van der Waals surface area contributed by atoms with Gasteiger partial charge in [0, 0.05) is 26.2 Å². The van der Waals surface area contributed by atoms with E-state index in [0.717, 1.165) is 45.0 Å².